The molecule has 7 heteroatoms. The average molecular weight is 316 g/mol. The van der Waals surface area contributed by atoms with Crippen LogP contribution in [0.15, 0.2) is 23.1 Å². The van der Waals surface area contributed by atoms with Crippen molar-refractivity contribution < 1.29 is 17.5 Å². The third-order valence-corrected chi connectivity index (χ3v) is 5.30. The van der Waals surface area contributed by atoms with Gasteiger partial charge in [-0.25, -0.2) is 12.8 Å². The summed E-state index contributed by atoms with van der Waals surface area (Å²) in [6, 6.07) is 4.26. The summed E-state index contributed by atoms with van der Waals surface area (Å²) >= 11 is 0. The lowest BCUT2D eigenvalue weighted by Gasteiger charge is -2.30. The van der Waals surface area contributed by atoms with Crippen molar-refractivity contribution in [2.45, 2.75) is 31.4 Å². The van der Waals surface area contributed by atoms with Crippen LogP contribution in [0.3, 0.4) is 0 Å². The van der Waals surface area contributed by atoms with E-state index in [2.05, 4.69) is 5.32 Å². The Morgan fingerprint density at radius 3 is 2.86 bits per heavy atom. The second kappa shape index (κ2) is 6.83. The normalized spacial score (nSPS) is 20.6. The van der Waals surface area contributed by atoms with Crippen molar-refractivity contribution in [2.75, 3.05) is 26.2 Å². The summed E-state index contributed by atoms with van der Waals surface area (Å²) in [5.74, 6) is -0.704. The Bertz CT molecular complexity index is 592. The molecule has 1 aromatic carbocycles. The van der Waals surface area contributed by atoms with Gasteiger partial charge in [0.15, 0.2) is 0 Å². The first-order chi connectivity index (χ1) is 9.95. The number of sulfonamides is 1. The van der Waals surface area contributed by atoms with Crippen molar-refractivity contribution in [3.8, 4) is 0 Å². The van der Waals surface area contributed by atoms with Gasteiger partial charge in [0.05, 0.1) is 12.7 Å². The van der Waals surface area contributed by atoms with Crippen LogP contribution in [0.1, 0.15) is 19.4 Å². The molecule has 1 unspecified atom stereocenters. The molecule has 0 radical (unpaired) electrons. The maximum absolute atomic E-state index is 14.2. The first-order valence-electron chi connectivity index (χ1n) is 7.06. The van der Waals surface area contributed by atoms with Crippen molar-refractivity contribution in [2.24, 2.45) is 0 Å². The molecule has 0 aromatic heterocycles. The Morgan fingerprint density at radius 2 is 2.24 bits per heavy atom. The second-order valence-corrected chi connectivity index (χ2v) is 7.00. The molecule has 0 amide bonds. The maximum Gasteiger partial charge on any atom is 0.246 e. The monoisotopic (exact) mass is 316 g/mol. The molecule has 118 valence electrons. The van der Waals surface area contributed by atoms with E-state index in [1.54, 1.807) is 13.0 Å². The number of rotatable bonds is 5. The van der Waals surface area contributed by atoms with Crippen molar-refractivity contribution in [1.82, 2.24) is 9.62 Å². The first-order valence-corrected chi connectivity index (χ1v) is 8.50. The van der Waals surface area contributed by atoms with Crippen LogP contribution in [0.25, 0.3) is 0 Å². The lowest BCUT2D eigenvalue weighted by molar-refractivity contribution is 0.0101. The smallest absolute Gasteiger partial charge is 0.246 e. The van der Waals surface area contributed by atoms with E-state index in [1.807, 2.05) is 6.92 Å². The van der Waals surface area contributed by atoms with Crippen molar-refractivity contribution in [3.05, 3.63) is 29.6 Å². The van der Waals surface area contributed by atoms with E-state index in [4.69, 9.17) is 4.74 Å². The molecule has 1 aliphatic heterocycles. The zero-order valence-electron chi connectivity index (χ0n) is 12.3. The number of nitrogens with one attached hydrogen (secondary N) is 1. The van der Waals surface area contributed by atoms with Crippen LogP contribution < -0.4 is 5.32 Å². The lowest BCUT2D eigenvalue weighted by atomic mass is 10.2. The number of morpholine rings is 1. The zero-order valence-corrected chi connectivity index (χ0v) is 13.1. The Hall–Kier alpha value is -1.02. The van der Waals surface area contributed by atoms with Crippen LogP contribution in [0.4, 0.5) is 4.39 Å². The van der Waals surface area contributed by atoms with Gasteiger partial charge in [-0.1, -0.05) is 13.0 Å². The molecule has 0 aliphatic carbocycles. The minimum absolute atomic E-state index is 0.176. The quantitative estimate of drug-likeness (QED) is 0.891. The molecule has 1 fully saturated rings. The SMILES string of the molecule is CCNCc1ccc(S(=O)(=O)N2CCOC(C)C2)c(F)c1. The Balaban J connectivity index is 2.23. The number of nitrogens with zero attached hydrogens (tertiary/aromatic N) is 1. The van der Waals surface area contributed by atoms with Gasteiger partial charge in [-0.15, -0.1) is 0 Å². The highest BCUT2D eigenvalue weighted by atomic mass is 32.2. The Kier molecular flexibility index (Phi) is 5.32. The van der Waals surface area contributed by atoms with Gasteiger partial charge < -0.3 is 10.1 Å². The van der Waals surface area contributed by atoms with Gasteiger partial charge in [-0.05, 0) is 31.2 Å². The fraction of sp³-hybridized carbons (Fsp3) is 0.571. The van der Waals surface area contributed by atoms with Crippen molar-refractivity contribution in [3.63, 3.8) is 0 Å². The predicted octanol–water partition coefficient (Wildman–Crippen LogP) is 1.34. The molecular formula is C14H21FN2O3S. The number of ether oxygens (including phenoxy) is 1. The first kappa shape index (κ1) is 16.4. The molecule has 2 rings (SSSR count). The fourth-order valence-electron chi connectivity index (χ4n) is 2.28. The van der Waals surface area contributed by atoms with Crippen molar-refractivity contribution >= 4 is 10.0 Å². The molecule has 1 atom stereocenters. The number of hydrogen-bond acceptors (Lipinski definition) is 4. The molecule has 1 aromatic rings. The topological polar surface area (TPSA) is 58.6 Å². The van der Waals surface area contributed by atoms with Gasteiger partial charge in [-0.3, -0.25) is 0 Å². The van der Waals surface area contributed by atoms with Gasteiger partial charge >= 0.3 is 0 Å². The van der Waals surface area contributed by atoms with E-state index in [1.165, 1.54) is 16.4 Å². The minimum atomic E-state index is -3.80. The van der Waals surface area contributed by atoms with Gasteiger partial charge in [0.25, 0.3) is 0 Å². The van der Waals surface area contributed by atoms with E-state index < -0.39 is 15.8 Å². The largest absolute Gasteiger partial charge is 0.376 e. The Morgan fingerprint density at radius 1 is 1.48 bits per heavy atom. The van der Waals surface area contributed by atoms with Crippen LogP contribution in [0.5, 0.6) is 0 Å². The molecule has 1 aliphatic rings. The van der Waals surface area contributed by atoms with E-state index in [0.29, 0.717) is 13.2 Å². The number of hydrogen-bond donors (Lipinski definition) is 1. The summed E-state index contributed by atoms with van der Waals surface area (Å²) in [6.45, 7) is 5.88. The van der Waals surface area contributed by atoms with Crippen LogP contribution in [-0.2, 0) is 21.3 Å². The summed E-state index contributed by atoms with van der Waals surface area (Å²) < 4.78 is 45.8. The van der Waals surface area contributed by atoms with Gasteiger partial charge in [0.1, 0.15) is 10.7 Å². The molecule has 1 heterocycles. The van der Waals surface area contributed by atoms with Crippen LogP contribution >= 0.6 is 0 Å². The summed E-state index contributed by atoms with van der Waals surface area (Å²) in [5, 5.41) is 3.08. The zero-order chi connectivity index (χ0) is 15.5. The molecule has 5 nitrogen and oxygen atoms in total. The van der Waals surface area contributed by atoms with E-state index in [0.717, 1.165) is 12.1 Å². The number of halogens is 1. The standard InChI is InChI=1S/C14H21FN2O3S/c1-3-16-9-12-4-5-14(13(15)8-12)21(18,19)17-6-7-20-11(2)10-17/h4-5,8,11,16H,3,6-7,9-10H2,1-2H3. The van der Waals surface area contributed by atoms with E-state index >= 15 is 0 Å². The summed E-state index contributed by atoms with van der Waals surface area (Å²) in [5.41, 5.74) is 0.726. The van der Waals surface area contributed by atoms with Gasteiger partial charge in [-0.2, -0.15) is 4.31 Å². The fourth-order valence-corrected chi connectivity index (χ4v) is 3.82. The highest BCUT2D eigenvalue weighted by molar-refractivity contribution is 7.89. The van der Waals surface area contributed by atoms with Crippen molar-refractivity contribution in [1.29, 1.82) is 0 Å². The Labute approximate surface area is 125 Å². The number of benzene rings is 1. The van der Waals surface area contributed by atoms with E-state index in [9.17, 15) is 12.8 Å². The molecule has 0 bridgehead atoms. The molecular weight excluding hydrogens is 295 g/mol. The summed E-state index contributed by atoms with van der Waals surface area (Å²) in [7, 11) is -3.80. The minimum Gasteiger partial charge on any atom is -0.376 e. The van der Waals surface area contributed by atoms with Gasteiger partial charge in [0.2, 0.25) is 10.0 Å². The summed E-state index contributed by atoms with van der Waals surface area (Å²) in [6.07, 6.45) is -0.176. The average Bonchev–Trinajstić information content (AvgIpc) is 2.45. The lowest BCUT2D eigenvalue weighted by Crippen LogP contribution is -2.44. The molecule has 21 heavy (non-hydrogen) atoms. The molecule has 1 saturated heterocycles. The predicted molar refractivity (Wildman–Crippen MR) is 78.0 cm³/mol. The second-order valence-electron chi connectivity index (χ2n) is 5.09. The van der Waals surface area contributed by atoms with Crippen LogP contribution in [0, 0.1) is 5.82 Å². The molecule has 0 spiro atoms. The van der Waals surface area contributed by atoms with E-state index in [-0.39, 0.29) is 24.1 Å². The third-order valence-electron chi connectivity index (χ3n) is 3.40. The maximum atomic E-state index is 14.2. The molecule has 1 N–H and O–H groups in total. The highest BCUT2D eigenvalue weighted by Gasteiger charge is 2.31. The third kappa shape index (κ3) is 3.79. The summed E-state index contributed by atoms with van der Waals surface area (Å²) in [4.78, 5) is -0.267. The molecule has 0 saturated carbocycles. The highest BCUT2D eigenvalue weighted by Crippen LogP contribution is 2.22. The van der Waals surface area contributed by atoms with Gasteiger partial charge in [0, 0.05) is 19.6 Å². The van der Waals surface area contributed by atoms with Crippen LogP contribution in [-0.4, -0.2) is 45.1 Å². The van der Waals surface area contributed by atoms with Crippen LogP contribution in [0.2, 0.25) is 0 Å².